The molecule has 0 aliphatic heterocycles. The molecule has 0 bridgehead atoms. The molecular formula is C10H17N3O4S. The van der Waals surface area contributed by atoms with Crippen molar-refractivity contribution >= 4 is 16.0 Å². The molecule has 8 heteroatoms. The van der Waals surface area contributed by atoms with E-state index in [-0.39, 0.29) is 11.6 Å². The Morgan fingerprint density at radius 1 is 1.56 bits per heavy atom. The van der Waals surface area contributed by atoms with Gasteiger partial charge in [0.15, 0.2) is 5.03 Å². The number of carboxylic acids is 1. The first-order valence-electron chi connectivity index (χ1n) is 5.42. The molecule has 0 unspecified atom stereocenters. The SMILES string of the molecule is CCN(C(C)(C)C(=O)O)S(=O)(=O)c1cnc(C)[nH]1. The molecule has 0 atom stereocenters. The van der Waals surface area contributed by atoms with E-state index in [4.69, 9.17) is 5.11 Å². The molecule has 1 aromatic heterocycles. The van der Waals surface area contributed by atoms with E-state index >= 15 is 0 Å². The molecule has 0 saturated heterocycles. The molecule has 0 saturated carbocycles. The Hall–Kier alpha value is -1.41. The Bertz CT molecular complexity index is 547. The number of aromatic amines is 1. The monoisotopic (exact) mass is 275 g/mol. The highest BCUT2D eigenvalue weighted by molar-refractivity contribution is 7.89. The van der Waals surface area contributed by atoms with Crippen LogP contribution in [-0.4, -0.2) is 45.9 Å². The van der Waals surface area contributed by atoms with Gasteiger partial charge in [0.1, 0.15) is 11.4 Å². The average Bonchev–Trinajstić information content (AvgIpc) is 2.65. The van der Waals surface area contributed by atoms with E-state index in [9.17, 15) is 13.2 Å². The molecule has 0 spiro atoms. The van der Waals surface area contributed by atoms with Gasteiger partial charge in [0.25, 0.3) is 10.0 Å². The summed E-state index contributed by atoms with van der Waals surface area (Å²) in [6.07, 6.45) is 1.19. The molecule has 0 aromatic carbocycles. The lowest BCUT2D eigenvalue weighted by Crippen LogP contribution is -2.52. The maximum Gasteiger partial charge on any atom is 0.324 e. The summed E-state index contributed by atoms with van der Waals surface area (Å²) in [7, 11) is -3.90. The molecule has 0 radical (unpaired) electrons. The van der Waals surface area contributed by atoms with Gasteiger partial charge in [-0.1, -0.05) is 6.92 Å². The van der Waals surface area contributed by atoms with Crippen molar-refractivity contribution in [3.05, 3.63) is 12.0 Å². The number of carbonyl (C=O) groups is 1. The highest BCUT2D eigenvalue weighted by Crippen LogP contribution is 2.23. The van der Waals surface area contributed by atoms with Crippen LogP contribution in [0, 0.1) is 6.92 Å². The molecule has 2 N–H and O–H groups in total. The van der Waals surface area contributed by atoms with Crippen LogP contribution in [0.1, 0.15) is 26.6 Å². The number of H-pyrrole nitrogens is 1. The number of aliphatic carboxylic acids is 1. The predicted octanol–water partition coefficient (Wildman–Crippen LogP) is 0.592. The van der Waals surface area contributed by atoms with Gasteiger partial charge in [0.05, 0.1) is 6.20 Å². The number of hydrogen-bond donors (Lipinski definition) is 2. The van der Waals surface area contributed by atoms with Gasteiger partial charge in [-0.3, -0.25) is 4.79 Å². The molecule has 1 rings (SSSR count). The van der Waals surface area contributed by atoms with E-state index in [1.807, 2.05) is 0 Å². The van der Waals surface area contributed by atoms with Crippen molar-refractivity contribution in [3.63, 3.8) is 0 Å². The van der Waals surface area contributed by atoms with Crippen molar-refractivity contribution in [2.45, 2.75) is 38.3 Å². The third kappa shape index (κ3) is 2.39. The van der Waals surface area contributed by atoms with Gasteiger partial charge in [-0.15, -0.1) is 0 Å². The molecule has 7 nitrogen and oxygen atoms in total. The fraction of sp³-hybridized carbons (Fsp3) is 0.600. The van der Waals surface area contributed by atoms with E-state index < -0.39 is 21.5 Å². The first kappa shape index (κ1) is 14.7. The number of nitrogens with one attached hydrogen (secondary N) is 1. The minimum absolute atomic E-state index is 0.0553. The summed E-state index contributed by atoms with van der Waals surface area (Å²) < 4.78 is 25.6. The third-order valence-corrected chi connectivity index (χ3v) is 4.74. The lowest BCUT2D eigenvalue weighted by atomic mass is 10.1. The quantitative estimate of drug-likeness (QED) is 0.818. The van der Waals surface area contributed by atoms with Crippen LogP contribution in [0.4, 0.5) is 0 Å². The standard InChI is InChI=1S/C10H17N3O4S/c1-5-13(10(3,4)9(14)15)18(16,17)8-6-11-7(2)12-8/h6H,5H2,1-4H3,(H,11,12)(H,14,15). The van der Waals surface area contributed by atoms with Gasteiger partial charge >= 0.3 is 5.97 Å². The largest absolute Gasteiger partial charge is 0.480 e. The second-order valence-corrected chi connectivity index (χ2v) is 6.20. The number of aryl methyl sites for hydroxylation is 1. The van der Waals surface area contributed by atoms with Crippen LogP contribution in [0.2, 0.25) is 0 Å². The molecule has 102 valence electrons. The lowest BCUT2D eigenvalue weighted by molar-refractivity contribution is -0.146. The van der Waals surface area contributed by atoms with Crippen LogP contribution >= 0.6 is 0 Å². The Balaban J connectivity index is 3.29. The van der Waals surface area contributed by atoms with Crippen molar-refractivity contribution < 1.29 is 18.3 Å². The zero-order valence-electron chi connectivity index (χ0n) is 10.8. The summed E-state index contributed by atoms with van der Waals surface area (Å²) in [4.78, 5) is 17.6. The Morgan fingerprint density at radius 3 is 2.44 bits per heavy atom. The molecule has 0 fully saturated rings. The van der Waals surface area contributed by atoms with Gasteiger partial charge in [0.2, 0.25) is 0 Å². The van der Waals surface area contributed by atoms with Crippen LogP contribution in [0.25, 0.3) is 0 Å². The zero-order chi connectivity index (χ0) is 14.1. The molecule has 0 aliphatic rings. The van der Waals surface area contributed by atoms with E-state index in [1.54, 1.807) is 13.8 Å². The molecule has 18 heavy (non-hydrogen) atoms. The van der Waals surface area contributed by atoms with E-state index in [0.29, 0.717) is 5.82 Å². The fourth-order valence-electron chi connectivity index (χ4n) is 1.62. The second kappa shape index (κ2) is 4.69. The normalized spacial score (nSPS) is 12.9. The second-order valence-electron chi connectivity index (χ2n) is 4.37. The lowest BCUT2D eigenvalue weighted by Gasteiger charge is -2.32. The molecule has 1 aromatic rings. The maximum atomic E-state index is 12.3. The van der Waals surface area contributed by atoms with Crippen molar-refractivity contribution in [1.29, 1.82) is 0 Å². The Morgan fingerprint density at radius 2 is 2.11 bits per heavy atom. The van der Waals surface area contributed by atoms with Crippen molar-refractivity contribution in [2.75, 3.05) is 6.54 Å². The highest BCUT2D eigenvalue weighted by Gasteiger charge is 2.42. The van der Waals surface area contributed by atoms with E-state index in [2.05, 4.69) is 9.97 Å². The van der Waals surface area contributed by atoms with Crippen molar-refractivity contribution in [2.24, 2.45) is 0 Å². The minimum atomic E-state index is -3.90. The fourth-order valence-corrected chi connectivity index (χ4v) is 3.34. The smallest absolute Gasteiger partial charge is 0.324 e. The first-order chi connectivity index (χ1) is 8.14. The van der Waals surface area contributed by atoms with Crippen molar-refractivity contribution in [1.82, 2.24) is 14.3 Å². The number of carboxylic acid groups (broad SMARTS) is 1. The highest BCUT2D eigenvalue weighted by atomic mass is 32.2. The van der Waals surface area contributed by atoms with Crippen LogP contribution < -0.4 is 0 Å². The Kier molecular flexibility index (Phi) is 3.82. The number of aromatic nitrogens is 2. The number of nitrogens with zero attached hydrogens (tertiary/aromatic N) is 2. The van der Waals surface area contributed by atoms with Gasteiger partial charge in [-0.25, -0.2) is 13.4 Å². The number of sulfonamides is 1. The van der Waals surface area contributed by atoms with E-state index in [0.717, 1.165) is 4.31 Å². The molecule has 1 heterocycles. The van der Waals surface area contributed by atoms with Crippen LogP contribution in [-0.2, 0) is 14.8 Å². The minimum Gasteiger partial charge on any atom is -0.480 e. The predicted molar refractivity (Wildman–Crippen MR) is 64.6 cm³/mol. The summed E-state index contributed by atoms with van der Waals surface area (Å²) >= 11 is 0. The summed E-state index contributed by atoms with van der Waals surface area (Å²) in [5.41, 5.74) is -1.52. The molecular weight excluding hydrogens is 258 g/mol. The van der Waals surface area contributed by atoms with Crippen molar-refractivity contribution in [3.8, 4) is 0 Å². The zero-order valence-corrected chi connectivity index (χ0v) is 11.6. The summed E-state index contributed by atoms with van der Waals surface area (Å²) in [6, 6.07) is 0. The number of rotatable bonds is 5. The number of imidazole rings is 1. The summed E-state index contributed by atoms with van der Waals surface area (Å²) in [5.74, 6) is -0.748. The van der Waals surface area contributed by atoms with Gasteiger partial charge in [-0.2, -0.15) is 4.31 Å². The molecule has 0 aliphatic carbocycles. The average molecular weight is 275 g/mol. The summed E-state index contributed by atoms with van der Waals surface area (Å²) in [6.45, 7) is 5.96. The first-order valence-corrected chi connectivity index (χ1v) is 6.86. The van der Waals surface area contributed by atoms with Crippen LogP contribution in [0.3, 0.4) is 0 Å². The third-order valence-electron chi connectivity index (χ3n) is 2.68. The van der Waals surface area contributed by atoms with E-state index in [1.165, 1.54) is 20.0 Å². The number of hydrogen-bond acceptors (Lipinski definition) is 4. The van der Waals surface area contributed by atoms with Crippen LogP contribution in [0.15, 0.2) is 11.2 Å². The number of likely N-dealkylation sites (N-methyl/N-ethyl adjacent to an activating group) is 1. The Labute approximate surface area is 106 Å². The topological polar surface area (TPSA) is 103 Å². The van der Waals surface area contributed by atoms with Gasteiger partial charge < -0.3 is 10.1 Å². The van der Waals surface area contributed by atoms with Gasteiger partial charge in [0, 0.05) is 6.54 Å². The maximum absolute atomic E-state index is 12.3. The summed E-state index contributed by atoms with van der Waals surface area (Å²) in [5, 5.41) is 9.03. The van der Waals surface area contributed by atoms with Crippen LogP contribution in [0.5, 0.6) is 0 Å². The molecule has 0 amide bonds. The van der Waals surface area contributed by atoms with Gasteiger partial charge in [-0.05, 0) is 20.8 Å².